The molecule has 92 valence electrons. The third kappa shape index (κ3) is 2.19. The van der Waals surface area contributed by atoms with E-state index in [1.807, 2.05) is 0 Å². The largest absolute Gasteiger partial charge is 0.371 e. The highest BCUT2D eigenvalue weighted by Crippen LogP contribution is 2.40. The molecule has 1 spiro atoms. The minimum atomic E-state index is 0.607. The molecule has 0 aliphatic carbocycles. The van der Waals surface area contributed by atoms with Crippen LogP contribution in [0.4, 0.5) is 5.69 Å². The third-order valence-corrected chi connectivity index (χ3v) is 4.50. The monoisotopic (exact) mass is 230 g/mol. The lowest BCUT2D eigenvalue weighted by Crippen LogP contribution is -2.38. The maximum Gasteiger partial charge on any atom is 0.0366 e. The molecule has 2 heterocycles. The van der Waals surface area contributed by atoms with Crippen molar-refractivity contribution in [2.75, 3.05) is 31.1 Å². The summed E-state index contributed by atoms with van der Waals surface area (Å²) in [7, 11) is 0. The highest BCUT2D eigenvalue weighted by atomic mass is 15.2. The summed E-state index contributed by atoms with van der Waals surface area (Å²) in [5.41, 5.74) is 3.37. The molecule has 1 aromatic carbocycles. The second-order valence-electron chi connectivity index (χ2n) is 5.76. The number of nitrogens with one attached hydrogen (secondary N) is 1. The zero-order valence-electron chi connectivity index (χ0n) is 10.7. The van der Waals surface area contributed by atoms with Crippen molar-refractivity contribution in [2.45, 2.75) is 26.2 Å². The number of nitrogens with zero attached hydrogens (tertiary/aromatic N) is 1. The molecule has 0 saturated carbocycles. The first-order valence-electron chi connectivity index (χ1n) is 6.80. The molecule has 2 nitrogen and oxygen atoms in total. The van der Waals surface area contributed by atoms with Crippen LogP contribution in [-0.2, 0) is 0 Å². The van der Waals surface area contributed by atoms with Gasteiger partial charge in [-0.3, -0.25) is 0 Å². The molecule has 2 heteroatoms. The van der Waals surface area contributed by atoms with Crippen LogP contribution in [0.2, 0.25) is 0 Å². The van der Waals surface area contributed by atoms with Crippen molar-refractivity contribution in [3.8, 4) is 0 Å². The van der Waals surface area contributed by atoms with Gasteiger partial charge in [0, 0.05) is 18.8 Å². The van der Waals surface area contributed by atoms with Gasteiger partial charge in [0.25, 0.3) is 0 Å². The Bertz CT molecular complexity index is 376. The van der Waals surface area contributed by atoms with Crippen molar-refractivity contribution in [3.05, 3.63) is 29.8 Å². The van der Waals surface area contributed by atoms with E-state index in [-0.39, 0.29) is 0 Å². The Labute approximate surface area is 104 Å². The minimum Gasteiger partial charge on any atom is -0.371 e. The van der Waals surface area contributed by atoms with Gasteiger partial charge >= 0.3 is 0 Å². The second-order valence-corrected chi connectivity index (χ2v) is 5.76. The first kappa shape index (κ1) is 11.1. The fourth-order valence-electron chi connectivity index (χ4n) is 3.28. The van der Waals surface area contributed by atoms with E-state index >= 15 is 0 Å². The Morgan fingerprint density at radius 1 is 1.06 bits per heavy atom. The molecule has 3 rings (SSSR count). The molecule has 1 aromatic rings. The first-order chi connectivity index (χ1) is 8.27. The van der Waals surface area contributed by atoms with Crippen molar-refractivity contribution in [1.29, 1.82) is 0 Å². The summed E-state index contributed by atoms with van der Waals surface area (Å²) < 4.78 is 0. The van der Waals surface area contributed by atoms with Gasteiger partial charge < -0.3 is 10.2 Å². The van der Waals surface area contributed by atoms with Crippen LogP contribution in [0.15, 0.2) is 24.3 Å². The summed E-state index contributed by atoms with van der Waals surface area (Å²) in [6, 6.07) is 9.00. The average Bonchev–Trinajstić information content (AvgIpc) is 2.75. The molecule has 0 unspecified atom stereocenters. The molecule has 2 aliphatic heterocycles. The Kier molecular flexibility index (Phi) is 2.83. The number of anilines is 1. The van der Waals surface area contributed by atoms with Crippen LogP contribution in [0.1, 0.15) is 24.8 Å². The van der Waals surface area contributed by atoms with E-state index < -0.39 is 0 Å². The van der Waals surface area contributed by atoms with E-state index in [2.05, 4.69) is 41.4 Å². The normalized spacial score (nSPS) is 23.2. The summed E-state index contributed by atoms with van der Waals surface area (Å²) in [6.45, 7) is 7.08. The van der Waals surface area contributed by atoms with Crippen molar-refractivity contribution in [3.63, 3.8) is 0 Å². The molecule has 17 heavy (non-hydrogen) atoms. The zero-order chi connectivity index (χ0) is 11.7. The number of rotatable bonds is 1. The van der Waals surface area contributed by atoms with Gasteiger partial charge in [0.1, 0.15) is 0 Å². The standard InChI is InChI=1S/C15H22N2/c1-13-2-4-14(5-3-13)17-11-8-15(12-17)6-9-16-10-7-15/h2-5,16H,6-12H2,1H3. The van der Waals surface area contributed by atoms with Crippen molar-refractivity contribution in [2.24, 2.45) is 5.41 Å². The number of hydrogen-bond acceptors (Lipinski definition) is 2. The van der Waals surface area contributed by atoms with Crippen molar-refractivity contribution >= 4 is 5.69 Å². The molecule has 0 amide bonds. The summed E-state index contributed by atoms with van der Waals surface area (Å²) in [4.78, 5) is 2.57. The van der Waals surface area contributed by atoms with Crippen LogP contribution in [0.25, 0.3) is 0 Å². The second kappa shape index (κ2) is 4.34. The van der Waals surface area contributed by atoms with Gasteiger partial charge in [-0.05, 0) is 56.8 Å². The number of piperidine rings is 1. The quantitative estimate of drug-likeness (QED) is 0.797. The van der Waals surface area contributed by atoms with Crippen LogP contribution < -0.4 is 10.2 Å². The summed E-state index contributed by atoms with van der Waals surface area (Å²) >= 11 is 0. The predicted octanol–water partition coefficient (Wildman–Crippen LogP) is 2.57. The Hall–Kier alpha value is -1.02. The van der Waals surface area contributed by atoms with Gasteiger partial charge in [-0.25, -0.2) is 0 Å². The van der Waals surface area contributed by atoms with Gasteiger partial charge in [-0.2, -0.15) is 0 Å². The molecule has 0 radical (unpaired) electrons. The van der Waals surface area contributed by atoms with Crippen molar-refractivity contribution in [1.82, 2.24) is 5.32 Å². The van der Waals surface area contributed by atoms with E-state index in [4.69, 9.17) is 0 Å². The predicted molar refractivity (Wildman–Crippen MR) is 72.5 cm³/mol. The van der Waals surface area contributed by atoms with Gasteiger partial charge in [0.2, 0.25) is 0 Å². The smallest absolute Gasteiger partial charge is 0.0366 e. The number of aryl methyl sites for hydroxylation is 1. The highest BCUT2D eigenvalue weighted by Gasteiger charge is 2.38. The molecule has 1 N–H and O–H groups in total. The van der Waals surface area contributed by atoms with E-state index in [1.165, 1.54) is 56.7 Å². The lowest BCUT2D eigenvalue weighted by Gasteiger charge is -2.34. The fraction of sp³-hybridized carbons (Fsp3) is 0.600. The Balaban J connectivity index is 1.72. The first-order valence-corrected chi connectivity index (χ1v) is 6.80. The molecule has 0 atom stereocenters. The summed E-state index contributed by atoms with van der Waals surface area (Å²) in [5, 5.41) is 3.48. The minimum absolute atomic E-state index is 0.607. The van der Waals surface area contributed by atoms with E-state index in [9.17, 15) is 0 Å². The van der Waals surface area contributed by atoms with Crippen LogP contribution >= 0.6 is 0 Å². The van der Waals surface area contributed by atoms with Gasteiger partial charge in [-0.15, -0.1) is 0 Å². The maximum atomic E-state index is 3.48. The van der Waals surface area contributed by atoms with Crippen molar-refractivity contribution < 1.29 is 0 Å². The average molecular weight is 230 g/mol. The molecule has 2 saturated heterocycles. The van der Waals surface area contributed by atoms with Crippen LogP contribution in [0.3, 0.4) is 0 Å². The molecule has 0 bridgehead atoms. The number of hydrogen-bond donors (Lipinski definition) is 1. The molecule has 2 aliphatic rings. The molecular formula is C15H22N2. The van der Waals surface area contributed by atoms with Gasteiger partial charge in [0.05, 0.1) is 0 Å². The highest BCUT2D eigenvalue weighted by molar-refractivity contribution is 5.48. The summed E-state index contributed by atoms with van der Waals surface area (Å²) in [6.07, 6.45) is 4.09. The maximum absolute atomic E-state index is 3.48. The molecule has 0 aromatic heterocycles. The van der Waals surface area contributed by atoms with E-state index in [0.717, 1.165) is 0 Å². The molecule has 2 fully saturated rings. The Morgan fingerprint density at radius 3 is 2.47 bits per heavy atom. The van der Waals surface area contributed by atoms with Gasteiger partial charge in [-0.1, -0.05) is 17.7 Å². The zero-order valence-corrected chi connectivity index (χ0v) is 10.7. The van der Waals surface area contributed by atoms with E-state index in [1.54, 1.807) is 0 Å². The summed E-state index contributed by atoms with van der Waals surface area (Å²) in [5.74, 6) is 0. The molecular weight excluding hydrogens is 208 g/mol. The topological polar surface area (TPSA) is 15.3 Å². The Morgan fingerprint density at radius 2 is 1.76 bits per heavy atom. The SMILES string of the molecule is Cc1ccc(N2CCC3(CCNCC3)C2)cc1. The van der Waals surface area contributed by atoms with Crippen LogP contribution in [0, 0.1) is 12.3 Å². The van der Waals surface area contributed by atoms with Crippen LogP contribution in [0.5, 0.6) is 0 Å². The fourth-order valence-corrected chi connectivity index (χ4v) is 3.28. The lowest BCUT2D eigenvalue weighted by atomic mass is 9.78. The third-order valence-electron chi connectivity index (χ3n) is 4.50. The van der Waals surface area contributed by atoms with Gasteiger partial charge in [0.15, 0.2) is 0 Å². The van der Waals surface area contributed by atoms with Crippen LogP contribution in [-0.4, -0.2) is 26.2 Å². The number of benzene rings is 1. The van der Waals surface area contributed by atoms with E-state index in [0.29, 0.717) is 5.41 Å². The lowest BCUT2D eigenvalue weighted by molar-refractivity contribution is 0.232.